The Kier molecular flexibility index (Phi) is 8.87. The number of methoxy groups -OCH3 is 1. The van der Waals surface area contributed by atoms with Gasteiger partial charge in [-0.15, -0.1) is 0 Å². The second-order valence-corrected chi connectivity index (χ2v) is 9.19. The molecule has 0 radical (unpaired) electrons. The van der Waals surface area contributed by atoms with Gasteiger partial charge in [0, 0.05) is 45.8 Å². The van der Waals surface area contributed by atoms with E-state index in [4.69, 9.17) is 9.47 Å². The van der Waals surface area contributed by atoms with Gasteiger partial charge in [-0.2, -0.15) is 0 Å². The van der Waals surface area contributed by atoms with E-state index in [1.54, 1.807) is 49.1 Å². The molecule has 0 unspecified atom stereocenters. The molecule has 0 fully saturated rings. The van der Waals surface area contributed by atoms with Crippen molar-refractivity contribution >= 4 is 23.4 Å². The molecule has 188 valence electrons. The maximum atomic E-state index is 13.4. The van der Waals surface area contributed by atoms with Crippen molar-refractivity contribution in [3.05, 3.63) is 59.7 Å². The van der Waals surface area contributed by atoms with Crippen LogP contribution in [0.15, 0.2) is 48.5 Å². The molecule has 3 atom stereocenters. The van der Waals surface area contributed by atoms with E-state index in [0.717, 1.165) is 5.56 Å². The van der Waals surface area contributed by atoms with Gasteiger partial charge < -0.3 is 24.6 Å². The third kappa shape index (κ3) is 6.82. The molecular formula is C27H35N3O5. The third-order valence-corrected chi connectivity index (χ3v) is 6.34. The topological polar surface area (TPSA) is 88.2 Å². The van der Waals surface area contributed by atoms with Crippen LogP contribution in [-0.2, 0) is 20.7 Å². The number of ether oxygens (including phenoxy) is 2. The molecule has 0 saturated heterocycles. The van der Waals surface area contributed by atoms with Crippen molar-refractivity contribution in [1.29, 1.82) is 0 Å². The van der Waals surface area contributed by atoms with E-state index < -0.39 is 0 Å². The van der Waals surface area contributed by atoms with Gasteiger partial charge >= 0.3 is 0 Å². The molecule has 0 aliphatic carbocycles. The van der Waals surface area contributed by atoms with Crippen LogP contribution in [0, 0.1) is 5.92 Å². The van der Waals surface area contributed by atoms with Crippen LogP contribution in [0.3, 0.4) is 0 Å². The molecule has 2 aromatic rings. The molecule has 1 heterocycles. The summed E-state index contributed by atoms with van der Waals surface area (Å²) in [5, 5.41) is 2.88. The van der Waals surface area contributed by atoms with Crippen LogP contribution in [-0.4, -0.2) is 73.5 Å². The zero-order valence-corrected chi connectivity index (χ0v) is 21.1. The largest absolute Gasteiger partial charge is 0.491 e. The van der Waals surface area contributed by atoms with Gasteiger partial charge in [-0.1, -0.05) is 37.3 Å². The first-order chi connectivity index (χ1) is 16.7. The second-order valence-electron chi connectivity index (χ2n) is 9.19. The Hall–Kier alpha value is -3.39. The number of amides is 3. The van der Waals surface area contributed by atoms with Gasteiger partial charge in [0.05, 0.1) is 24.1 Å². The molecule has 0 saturated carbocycles. The molecule has 3 rings (SSSR count). The summed E-state index contributed by atoms with van der Waals surface area (Å²) in [4.78, 5) is 41.7. The Labute approximate surface area is 207 Å². The predicted octanol–water partition coefficient (Wildman–Crippen LogP) is 3.22. The highest BCUT2D eigenvalue weighted by Gasteiger charge is 2.29. The van der Waals surface area contributed by atoms with Crippen molar-refractivity contribution in [2.75, 3.05) is 39.2 Å². The average Bonchev–Trinajstić information content (AvgIpc) is 2.83. The SMILES string of the molecule is CO[C@H]1CN(C)C(=O)c2cc(NC(=O)Cc3ccccc3)ccc2OC[C@@H](C)N(C(C)=O)C[C@@H]1C. The normalized spacial score (nSPS) is 21.3. The quantitative estimate of drug-likeness (QED) is 0.725. The monoisotopic (exact) mass is 481 g/mol. The van der Waals surface area contributed by atoms with Gasteiger partial charge in [-0.25, -0.2) is 0 Å². The van der Waals surface area contributed by atoms with E-state index in [0.29, 0.717) is 30.1 Å². The number of anilines is 1. The number of benzene rings is 2. The first-order valence-corrected chi connectivity index (χ1v) is 11.9. The summed E-state index contributed by atoms with van der Waals surface area (Å²) < 4.78 is 11.7. The summed E-state index contributed by atoms with van der Waals surface area (Å²) in [6.07, 6.45) is -0.0239. The molecule has 3 amide bonds. The molecule has 8 nitrogen and oxygen atoms in total. The average molecular weight is 482 g/mol. The minimum absolute atomic E-state index is 0.00380. The standard InChI is InChI=1S/C27H35N3O5/c1-18-15-30(20(3)31)19(2)17-35-24-12-11-22(28-26(32)13-21-9-7-6-8-10-21)14-23(24)27(33)29(4)16-25(18)34-5/h6-12,14,18-19,25H,13,15-17H2,1-5H3,(H,28,32)/t18-,19+,25-/m0/s1. The van der Waals surface area contributed by atoms with Crippen LogP contribution in [0.1, 0.15) is 36.7 Å². The van der Waals surface area contributed by atoms with E-state index in [9.17, 15) is 14.4 Å². The molecule has 0 bridgehead atoms. The van der Waals surface area contributed by atoms with E-state index in [1.807, 2.05) is 44.2 Å². The first kappa shape index (κ1) is 26.2. The van der Waals surface area contributed by atoms with Gasteiger partial charge in [-0.3, -0.25) is 14.4 Å². The van der Waals surface area contributed by atoms with Crippen LogP contribution >= 0.6 is 0 Å². The lowest BCUT2D eigenvalue weighted by atomic mass is 10.0. The Bertz CT molecular complexity index is 1040. The number of hydrogen-bond acceptors (Lipinski definition) is 5. The molecule has 8 heteroatoms. The number of nitrogens with one attached hydrogen (secondary N) is 1. The summed E-state index contributed by atoms with van der Waals surface area (Å²) in [6, 6.07) is 14.3. The zero-order valence-electron chi connectivity index (χ0n) is 21.1. The van der Waals surface area contributed by atoms with Gasteiger partial charge in [-0.05, 0) is 30.7 Å². The van der Waals surface area contributed by atoms with Crippen molar-refractivity contribution in [2.45, 2.75) is 39.3 Å². The van der Waals surface area contributed by atoms with E-state index >= 15 is 0 Å². The molecule has 1 aliphatic rings. The fraction of sp³-hybridized carbons (Fsp3) is 0.444. The van der Waals surface area contributed by atoms with Gasteiger partial charge in [0.1, 0.15) is 12.4 Å². The second kappa shape index (κ2) is 11.8. The fourth-order valence-corrected chi connectivity index (χ4v) is 4.28. The molecule has 0 spiro atoms. The summed E-state index contributed by atoms with van der Waals surface area (Å²) >= 11 is 0. The summed E-state index contributed by atoms with van der Waals surface area (Å²) in [7, 11) is 3.33. The third-order valence-electron chi connectivity index (χ3n) is 6.34. The lowest BCUT2D eigenvalue weighted by Crippen LogP contribution is -2.48. The van der Waals surface area contributed by atoms with Crippen LogP contribution in [0.5, 0.6) is 5.75 Å². The Morgan fingerprint density at radius 1 is 1.11 bits per heavy atom. The van der Waals surface area contributed by atoms with Gasteiger partial charge in [0.2, 0.25) is 11.8 Å². The Morgan fingerprint density at radius 3 is 2.49 bits per heavy atom. The molecule has 1 aliphatic heterocycles. The number of carbonyl (C=O) groups is 3. The zero-order chi connectivity index (χ0) is 25.5. The number of likely N-dealkylation sites (N-methyl/N-ethyl adjacent to an activating group) is 1. The van der Waals surface area contributed by atoms with E-state index in [1.165, 1.54) is 0 Å². The van der Waals surface area contributed by atoms with Crippen LogP contribution in [0.25, 0.3) is 0 Å². The van der Waals surface area contributed by atoms with Crippen molar-refractivity contribution in [1.82, 2.24) is 9.80 Å². The van der Waals surface area contributed by atoms with Crippen LogP contribution in [0.2, 0.25) is 0 Å². The minimum atomic E-state index is -0.254. The molecule has 0 aromatic heterocycles. The number of carbonyl (C=O) groups excluding carboxylic acids is 3. The van der Waals surface area contributed by atoms with Gasteiger partial charge in [0.25, 0.3) is 5.91 Å². The maximum absolute atomic E-state index is 13.4. The highest BCUT2D eigenvalue weighted by molar-refractivity contribution is 5.99. The number of nitrogens with zero attached hydrogens (tertiary/aromatic N) is 2. The molecule has 1 N–H and O–H groups in total. The smallest absolute Gasteiger partial charge is 0.257 e. The molecular weight excluding hydrogens is 446 g/mol. The van der Waals surface area contributed by atoms with Crippen LogP contribution in [0.4, 0.5) is 5.69 Å². The highest BCUT2D eigenvalue weighted by Crippen LogP contribution is 2.26. The molecule has 35 heavy (non-hydrogen) atoms. The number of hydrogen-bond donors (Lipinski definition) is 1. The van der Waals surface area contributed by atoms with E-state index in [-0.39, 0.29) is 48.8 Å². The maximum Gasteiger partial charge on any atom is 0.257 e. The number of rotatable bonds is 4. The minimum Gasteiger partial charge on any atom is -0.491 e. The van der Waals surface area contributed by atoms with Crippen molar-refractivity contribution in [3.63, 3.8) is 0 Å². The lowest BCUT2D eigenvalue weighted by Gasteiger charge is -2.35. The van der Waals surface area contributed by atoms with Crippen molar-refractivity contribution < 1.29 is 23.9 Å². The summed E-state index contributed by atoms with van der Waals surface area (Å²) in [5.74, 6) is -0.0407. The van der Waals surface area contributed by atoms with Gasteiger partial charge in [0.15, 0.2) is 0 Å². The van der Waals surface area contributed by atoms with E-state index in [2.05, 4.69) is 5.32 Å². The highest BCUT2D eigenvalue weighted by atomic mass is 16.5. The van der Waals surface area contributed by atoms with Crippen molar-refractivity contribution in [3.8, 4) is 5.75 Å². The Balaban J connectivity index is 1.88. The first-order valence-electron chi connectivity index (χ1n) is 11.9. The summed E-state index contributed by atoms with van der Waals surface area (Å²) in [6.45, 7) is 6.56. The summed E-state index contributed by atoms with van der Waals surface area (Å²) in [5.41, 5.74) is 1.76. The lowest BCUT2D eigenvalue weighted by molar-refractivity contribution is -0.133. The fourth-order valence-electron chi connectivity index (χ4n) is 4.28. The predicted molar refractivity (Wildman–Crippen MR) is 134 cm³/mol. The molecule has 2 aromatic carbocycles. The van der Waals surface area contributed by atoms with Crippen LogP contribution < -0.4 is 10.1 Å². The Morgan fingerprint density at radius 2 is 1.83 bits per heavy atom. The number of fused-ring (bicyclic) bond motifs is 1. The van der Waals surface area contributed by atoms with Crippen molar-refractivity contribution in [2.24, 2.45) is 5.92 Å².